The van der Waals surface area contributed by atoms with Gasteiger partial charge >= 0.3 is 11.8 Å². The van der Waals surface area contributed by atoms with Gasteiger partial charge in [0.15, 0.2) is 5.82 Å². The van der Waals surface area contributed by atoms with Gasteiger partial charge in [0.25, 0.3) is 0 Å². The molecular weight excluding hydrogens is 398 g/mol. The fourth-order valence-corrected chi connectivity index (χ4v) is 4.94. The summed E-state index contributed by atoms with van der Waals surface area (Å²) in [5.74, 6) is 2.38. The fourth-order valence-electron chi connectivity index (χ4n) is 4.66. The van der Waals surface area contributed by atoms with Gasteiger partial charge in [-0.2, -0.15) is 10.1 Å². The van der Waals surface area contributed by atoms with E-state index in [1.54, 1.807) is 4.68 Å². The lowest BCUT2D eigenvalue weighted by Gasteiger charge is -2.28. The van der Waals surface area contributed by atoms with E-state index in [1.807, 2.05) is 13.8 Å². The molecule has 0 saturated heterocycles. The van der Waals surface area contributed by atoms with E-state index in [0.717, 1.165) is 27.7 Å². The average molecular weight is 422 g/mol. The highest BCUT2D eigenvalue weighted by Gasteiger charge is 2.42. The SMILES string of the molecule is Cc1nn(Cc2noc(C(=O)N[C@@H](C)[C@H]3C[C@H]4CC[C@H]3C4)n2)c(C)c1Br. The van der Waals surface area contributed by atoms with Gasteiger partial charge in [0, 0.05) is 6.04 Å². The fraction of sp³-hybridized carbons (Fsp3) is 0.667. The van der Waals surface area contributed by atoms with Crippen molar-refractivity contribution in [1.29, 1.82) is 0 Å². The minimum atomic E-state index is -0.284. The van der Waals surface area contributed by atoms with Crippen molar-refractivity contribution in [2.75, 3.05) is 0 Å². The quantitative estimate of drug-likeness (QED) is 0.800. The standard InChI is InChI=1S/C18H24BrN5O2/c1-9(14-7-12-4-5-13(14)6-12)20-17(25)18-21-15(23-26-18)8-24-11(3)16(19)10(2)22-24/h9,12-14H,4-8H2,1-3H3,(H,20,25)/t9-,12-,13-,14+/m0/s1. The van der Waals surface area contributed by atoms with Crippen LogP contribution in [0.3, 0.4) is 0 Å². The predicted molar refractivity (Wildman–Crippen MR) is 98.7 cm³/mol. The first-order valence-electron chi connectivity index (χ1n) is 9.25. The average Bonchev–Trinajstić information content (AvgIpc) is 3.38. The zero-order valence-corrected chi connectivity index (χ0v) is 16.9. The number of carbonyl (C=O) groups is 1. The van der Waals surface area contributed by atoms with E-state index in [1.165, 1.54) is 25.7 Å². The van der Waals surface area contributed by atoms with E-state index in [-0.39, 0.29) is 17.8 Å². The van der Waals surface area contributed by atoms with Gasteiger partial charge in [-0.15, -0.1) is 0 Å². The molecule has 4 rings (SSSR count). The largest absolute Gasteiger partial charge is 0.345 e. The molecule has 0 unspecified atom stereocenters. The van der Waals surface area contributed by atoms with Gasteiger partial charge in [-0.25, -0.2) is 0 Å². The number of nitrogens with one attached hydrogen (secondary N) is 1. The zero-order valence-electron chi connectivity index (χ0n) is 15.3. The smallest absolute Gasteiger partial charge is 0.316 e. The number of halogens is 1. The van der Waals surface area contributed by atoms with Crippen molar-refractivity contribution in [3.63, 3.8) is 0 Å². The topological polar surface area (TPSA) is 85.8 Å². The maximum atomic E-state index is 12.5. The molecule has 2 aromatic heterocycles. The molecule has 0 aromatic carbocycles. The van der Waals surface area contributed by atoms with Crippen molar-refractivity contribution in [2.24, 2.45) is 17.8 Å². The van der Waals surface area contributed by atoms with Gasteiger partial charge in [0.2, 0.25) is 0 Å². The van der Waals surface area contributed by atoms with Crippen molar-refractivity contribution in [3.05, 3.63) is 27.6 Å². The maximum absolute atomic E-state index is 12.5. The minimum absolute atomic E-state index is 0.0237. The molecule has 26 heavy (non-hydrogen) atoms. The van der Waals surface area contributed by atoms with E-state index >= 15 is 0 Å². The third kappa shape index (κ3) is 3.19. The molecule has 8 heteroatoms. The second-order valence-corrected chi connectivity index (χ2v) is 8.55. The molecule has 2 aliphatic carbocycles. The summed E-state index contributed by atoms with van der Waals surface area (Å²) in [7, 11) is 0. The molecule has 7 nitrogen and oxygen atoms in total. The number of aryl methyl sites for hydroxylation is 1. The Kier molecular flexibility index (Phi) is 4.62. The van der Waals surface area contributed by atoms with Crippen LogP contribution in [0.15, 0.2) is 9.00 Å². The molecule has 0 aliphatic heterocycles. The summed E-state index contributed by atoms with van der Waals surface area (Å²) >= 11 is 3.50. The maximum Gasteiger partial charge on any atom is 0.316 e. The lowest BCUT2D eigenvalue weighted by molar-refractivity contribution is 0.0871. The highest BCUT2D eigenvalue weighted by atomic mass is 79.9. The Morgan fingerprint density at radius 1 is 1.38 bits per heavy atom. The summed E-state index contributed by atoms with van der Waals surface area (Å²) in [6.07, 6.45) is 5.22. The molecule has 4 atom stereocenters. The van der Waals surface area contributed by atoms with E-state index < -0.39 is 0 Å². The van der Waals surface area contributed by atoms with Crippen LogP contribution in [0.25, 0.3) is 0 Å². The minimum Gasteiger partial charge on any atom is -0.345 e. The summed E-state index contributed by atoms with van der Waals surface area (Å²) in [6.45, 7) is 6.36. The number of carbonyl (C=O) groups excluding carboxylic acids is 1. The van der Waals surface area contributed by atoms with Crippen LogP contribution in [0.1, 0.15) is 60.5 Å². The molecule has 2 fully saturated rings. The third-order valence-electron chi connectivity index (χ3n) is 6.04. The molecule has 2 heterocycles. The van der Waals surface area contributed by atoms with Crippen LogP contribution in [0.4, 0.5) is 0 Å². The first kappa shape index (κ1) is 17.7. The van der Waals surface area contributed by atoms with E-state index in [9.17, 15) is 4.79 Å². The van der Waals surface area contributed by atoms with Gasteiger partial charge in [0.1, 0.15) is 6.54 Å². The van der Waals surface area contributed by atoms with Gasteiger partial charge in [-0.3, -0.25) is 9.48 Å². The van der Waals surface area contributed by atoms with Crippen LogP contribution in [0, 0.1) is 31.6 Å². The van der Waals surface area contributed by atoms with E-state index in [2.05, 4.69) is 43.4 Å². The Bertz CT molecular complexity index is 830. The van der Waals surface area contributed by atoms with Gasteiger partial charge in [0.05, 0.1) is 15.9 Å². The molecule has 2 saturated carbocycles. The van der Waals surface area contributed by atoms with Crippen LogP contribution < -0.4 is 5.32 Å². The Hall–Kier alpha value is -1.70. The van der Waals surface area contributed by atoms with Crippen LogP contribution in [-0.4, -0.2) is 31.9 Å². The number of aromatic nitrogens is 4. The number of amides is 1. The molecule has 2 bridgehead atoms. The molecule has 1 N–H and O–H groups in total. The van der Waals surface area contributed by atoms with Crippen LogP contribution in [0.5, 0.6) is 0 Å². The van der Waals surface area contributed by atoms with Gasteiger partial charge in [-0.1, -0.05) is 11.6 Å². The van der Waals surface area contributed by atoms with E-state index in [4.69, 9.17) is 4.52 Å². The van der Waals surface area contributed by atoms with Crippen LogP contribution in [-0.2, 0) is 6.54 Å². The summed E-state index contributed by atoms with van der Waals surface area (Å²) < 4.78 is 7.94. The van der Waals surface area contributed by atoms with Crippen molar-refractivity contribution in [3.8, 4) is 0 Å². The highest BCUT2D eigenvalue weighted by Crippen LogP contribution is 2.49. The summed E-state index contributed by atoms with van der Waals surface area (Å²) in [4.78, 5) is 16.7. The lowest BCUT2D eigenvalue weighted by Crippen LogP contribution is -2.40. The van der Waals surface area contributed by atoms with Gasteiger partial charge < -0.3 is 9.84 Å². The number of fused-ring (bicyclic) bond motifs is 2. The monoisotopic (exact) mass is 421 g/mol. The summed E-state index contributed by atoms with van der Waals surface area (Å²) in [6, 6.07) is 0.139. The predicted octanol–water partition coefficient (Wildman–Crippen LogP) is 3.25. The Morgan fingerprint density at radius 2 is 2.19 bits per heavy atom. The molecule has 2 aliphatic rings. The molecule has 1 amide bonds. The number of nitrogens with zero attached hydrogens (tertiary/aromatic N) is 4. The summed E-state index contributed by atoms with van der Waals surface area (Å²) in [5, 5.41) is 11.4. The Balaban J connectivity index is 1.39. The molecule has 2 aromatic rings. The second kappa shape index (κ2) is 6.79. The molecule has 140 valence electrons. The number of rotatable bonds is 5. The first-order valence-corrected chi connectivity index (χ1v) is 10.0. The normalized spacial score (nSPS) is 25.6. The number of hydrogen-bond acceptors (Lipinski definition) is 5. The first-order chi connectivity index (χ1) is 12.4. The molecule has 0 radical (unpaired) electrons. The zero-order chi connectivity index (χ0) is 18.4. The van der Waals surface area contributed by atoms with Crippen LogP contribution >= 0.6 is 15.9 Å². The molecule has 0 spiro atoms. The van der Waals surface area contributed by atoms with Crippen molar-refractivity contribution < 1.29 is 9.32 Å². The van der Waals surface area contributed by atoms with Crippen molar-refractivity contribution in [2.45, 2.75) is 59.0 Å². The lowest BCUT2D eigenvalue weighted by atomic mass is 9.84. The summed E-state index contributed by atoms with van der Waals surface area (Å²) in [5.41, 5.74) is 1.90. The second-order valence-electron chi connectivity index (χ2n) is 7.76. The molecular formula is C18H24BrN5O2. The van der Waals surface area contributed by atoms with Crippen molar-refractivity contribution >= 4 is 21.8 Å². The Labute approximate surface area is 161 Å². The van der Waals surface area contributed by atoms with Crippen molar-refractivity contribution in [1.82, 2.24) is 25.2 Å². The van der Waals surface area contributed by atoms with Gasteiger partial charge in [-0.05, 0) is 73.7 Å². The Morgan fingerprint density at radius 3 is 2.81 bits per heavy atom. The third-order valence-corrected chi connectivity index (χ3v) is 7.19. The van der Waals surface area contributed by atoms with Crippen LogP contribution in [0.2, 0.25) is 0 Å². The highest BCUT2D eigenvalue weighted by molar-refractivity contribution is 9.10. The number of hydrogen-bond donors (Lipinski definition) is 1. The van der Waals surface area contributed by atoms with E-state index in [0.29, 0.717) is 18.3 Å².